The van der Waals surface area contributed by atoms with Gasteiger partial charge in [-0.05, 0) is 22.8 Å². The van der Waals surface area contributed by atoms with E-state index in [9.17, 15) is 52.7 Å². The summed E-state index contributed by atoms with van der Waals surface area (Å²) in [6.07, 6.45) is -0.563. The van der Waals surface area contributed by atoms with Crippen LogP contribution in [-0.2, 0) is 0 Å². The van der Waals surface area contributed by atoms with E-state index < -0.39 is 167 Å². The first-order chi connectivity index (χ1) is 22.7. The van der Waals surface area contributed by atoms with Gasteiger partial charge in [-0.2, -0.15) is 0 Å². The number of hydrogen-bond acceptors (Lipinski definition) is 0. The molecule has 0 heterocycles. The molecule has 1 aliphatic rings. The highest BCUT2D eigenvalue weighted by Crippen LogP contribution is 2.56. The number of halogens is 20. The molecule has 5 rings (SSSR count). The third-order valence-corrected chi connectivity index (χ3v) is 7.18. The molecule has 0 bridgehead atoms. The molecule has 1 aliphatic carbocycles. The summed E-state index contributed by atoms with van der Waals surface area (Å²) in [7, 11) is 0. The minimum atomic E-state index is -3.84. The quantitative estimate of drug-likeness (QED) is 0.111. The van der Waals surface area contributed by atoms with Gasteiger partial charge >= 0.3 is 0 Å². The standard InChI is InChI=1S/C29H2F20/c30-10-6(11(31)19(39)26(46)18(10)38)2-1-3(7-12(32)20(40)27(47)21(41)13(7)33)5(9-16(36)24(44)29(49)25(45)17(9)37)4(2)8-14(34)22(42)28(48)23(43)15(8)35/h1,4H. The molecule has 0 spiro atoms. The molecule has 0 saturated carbocycles. The largest absolute Gasteiger partial charge is 0.203 e. The van der Waals surface area contributed by atoms with E-state index in [4.69, 9.17) is 0 Å². The van der Waals surface area contributed by atoms with Crippen molar-refractivity contribution in [3.63, 3.8) is 0 Å². The summed E-state index contributed by atoms with van der Waals surface area (Å²) >= 11 is 0. The van der Waals surface area contributed by atoms with Gasteiger partial charge in [-0.3, -0.25) is 0 Å². The Balaban J connectivity index is 2.15. The van der Waals surface area contributed by atoms with Crippen LogP contribution < -0.4 is 0 Å². The average molecular weight is 730 g/mol. The molecule has 0 aromatic heterocycles. The van der Waals surface area contributed by atoms with Crippen LogP contribution in [-0.4, -0.2) is 0 Å². The van der Waals surface area contributed by atoms with Gasteiger partial charge < -0.3 is 0 Å². The normalized spacial score (nSPS) is 14.8. The first-order valence-corrected chi connectivity index (χ1v) is 12.2. The van der Waals surface area contributed by atoms with Crippen LogP contribution in [0.4, 0.5) is 87.8 Å². The predicted octanol–water partition coefficient (Wildman–Crippen LogP) is 10.3. The van der Waals surface area contributed by atoms with Crippen LogP contribution in [0, 0.1) is 116 Å². The van der Waals surface area contributed by atoms with Crippen molar-refractivity contribution in [2.75, 3.05) is 0 Å². The van der Waals surface area contributed by atoms with Crippen molar-refractivity contribution in [3.8, 4) is 0 Å². The third kappa shape index (κ3) is 4.77. The maximum atomic E-state index is 15.3. The van der Waals surface area contributed by atoms with Crippen LogP contribution in [0.2, 0.25) is 0 Å². The Morgan fingerprint density at radius 2 is 0.510 bits per heavy atom. The summed E-state index contributed by atoms with van der Waals surface area (Å²) in [6.45, 7) is 0. The van der Waals surface area contributed by atoms with Gasteiger partial charge in [0.1, 0.15) is 0 Å². The van der Waals surface area contributed by atoms with Crippen molar-refractivity contribution in [3.05, 3.63) is 145 Å². The van der Waals surface area contributed by atoms with Gasteiger partial charge in [0, 0.05) is 11.5 Å². The van der Waals surface area contributed by atoms with Crippen molar-refractivity contribution in [1.82, 2.24) is 0 Å². The lowest BCUT2D eigenvalue weighted by Gasteiger charge is -2.24. The van der Waals surface area contributed by atoms with Gasteiger partial charge in [-0.1, -0.05) is 0 Å². The first kappa shape index (κ1) is 35.3. The first-order valence-electron chi connectivity index (χ1n) is 12.2. The molecule has 4 aromatic carbocycles. The maximum absolute atomic E-state index is 15.3. The molecule has 49 heavy (non-hydrogen) atoms. The van der Waals surface area contributed by atoms with Crippen LogP contribution in [0.1, 0.15) is 28.2 Å². The molecule has 0 nitrogen and oxygen atoms in total. The molecular weight excluding hydrogens is 728 g/mol. The Kier molecular flexibility index (Phi) is 8.52. The number of allylic oxidation sites excluding steroid dienone is 4. The number of rotatable bonds is 4. The van der Waals surface area contributed by atoms with Crippen LogP contribution >= 0.6 is 0 Å². The molecule has 0 amide bonds. The number of benzene rings is 4. The predicted molar refractivity (Wildman–Crippen MR) is 122 cm³/mol. The van der Waals surface area contributed by atoms with Gasteiger partial charge in [-0.15, -0.1) is 0 Å². The summed E-state index contributed by atoms with van der Waals surface area (Å²) in [5, 5.41) is 0. The minimum Gasteiger partial charge on any atom is -0.203 e. The molecular formula is C29H2F20. The van der Waals surface area contributed by atoms with Crippen molar-refractivity contribution in [1.29, 1.82) is 0 Å². The van der Waals surface area contributed by atoms with Crippen LogP contribution in [0.25, 0.3) is 16.7 Å². The second kappa shape index (κ2) is 11.8. The topological polar surface area (TPSA) is 0 Å². The fourth-order valence-electron chi connectivity index (χ4n) is 5.05. The third-order valence-electron chi connectivity index (χ3n) is 7.18. The summed E-state index contributed by atoms with van der Waals surface area (Å²) < 4.78 is 292. The zero-order chi connectivity index (χ0) is 36.9. The Bertz CT molecular complexity index is 2110. The highest BCUT2D eigenvalue weighted by Gasteiger charge is 2.46. The fourth-order valence-corrected chi connectivity index (χ4v) is 5.05. The van der Waals surface area contributed by atoms with E-state index >= 15 is 35.1 Å². The van der Waals surface area contributed by atoms with Crippen molar-refractivity contribution in [2.45, 2.75) is 5.92 Å². The summed E-state index contributed by atoms with van der Waals surface area (Å²) in [6, 6.07) is 0. The van der Waals surface area contributed by atoms with Crippen LogP contribution in [0.3, 0.4) is 0 Å². The lowest BCUT2D eigenvalue weighted by Crippen LogP contribution is -2.18. The van der Waals surface area contributed by atoms with E-state index in [1.807, 2.05) is 0 Å². The van der Waals surface area contributed by atoms with E-state index in [1.165, 1.54) is 0 Å². The lowest BCUT2D eigenvalue weighted by molar-refractivity contribution is 0.368. The summed E-state index contributed by atoms with van der Waals surface area (Å²) in [5.74, 6) is -65.5. The molecule has 0 fully saturated rings. The molecule has 258 valence electrons. The molecule has 0 radical (unpaired) electrons. The zero-order valence-corrected chi connectivity index (χ0v) is 22.2. The molecule has 0 saturated heterocycles. The molecule has 0 aliphatic heterocycles. The number of hydrogen-bond donors (Lipinski definition) is 0. The molecule has 20 heteroatoms. The Morgan fingerprint density at radius 3 is 0.837 bits per heavy atom. The van der Waals surface area contributed by atoms with Gasteiger partial charge in [0.25, 0.3) is 0 Å². The molecule has 1 unspecified atom stereocenters. The Hall–Kier alpha value is -5.04. The fraction of sp³-hybridized carbons (Fsp3) is 0.0345. The second-order valence-corrected chi connectivity index (χ2v) is 9.68. The van der Waals surface area contributed by atoms with E-state index in [2.05, 4.69) is 0 Å². The highest BCUT2D eigenvalue weighted by atomic mass is 19.2. The second-order valence-electron chi connectivity index (χ2n) is 9.68. The Labute approximate surface area is 255 Å². The monoisotopic (exact) mass is 730 g/mol. The van der Waals surface area contributed by atoms with Crippen molar-refractivity contribution in [2.24, 2.45) is 0 Å². The SMILES string of the molecule is Fc1c(F)c(F)c(C2=CC(c3c(F)c(F)c(F)c(F)c3F)=C(c3c(F)c(F)c(F)c(F)c3F)C2c2c(F)c(F)c(F)c(F)c2F)c(F)c1F. The van der Waals surface area contributed by atoms with Crippen LogP contribution in [0.15, 0.2) is 6.08 Å². The Morgan fingerprint density at radius 1 is 0.265 bits per heavy atom. The van der Waals surface area contributed by atoms with Gasteiger partial charge in [0.05, 0.1) is 16.7 Å². The van der Waals surface area contributed by atoms with Gasteiger partial charge in [-0.25, -0.2) is 87.8 Å². The summed E-state index contributed by atoms with van der Waals surface area (Å²) in [5.41, 5.74) is -17.5. The van der Waals surface area contributed by atoms with E-state index in [0.717, 1.165) is 0 Å². The van der Waals surface area contributed by atoms with Gasteiger partial charge in [0.15, 0.2) is 93.1 Å². The van der Waals surface area contributed by atoms with Gasteiger partial charge in [0.2, 0.25) is 23.3 Å². The van der Waals surface area contributed by atoms with E-state index in [-0.39, 0.29) is 0 Å². The van der Waals surface area contributed by atoms with Crippen LogP contribution in [0.5, 0.6) is 0 Å². The average Bonchev–Trinajstić information content (AvgIpc) is 3.42. The maximum Gasteiger partial charge on any atom is 0.200 e. The smallest absolute Gasteiger partial charge is 0.200 e. The molecule has 1 atom stereocenters. The zero-order valence-electron chi connectivity index (χ0n) is 22.2. The van der Waals surface area contributed by atoms with E-state index in [0.29, 0.717) is 0 Å². The van der Waals surface area contributed by atoms with Crippen molar-refractivity contribution < 1.29 is 87.8 Å². The lowest BCUT2D eigenvalue weighted by atomic mass is 9.79. The van der Waals surface area contributed by atoms with Crippen molar-refractivity contribution >= 4 is 16.7 Å². The highest BCUT2D eigenvalue weighted by molar-refractivity contribution is 6.11. The van der Waals surface area contributed by atoms with E-state index in [1.54, 1.807) is 0 Å². The summed E-state index contributed by atoms with van der Waals surface area (Å²) in [4.78, 5) is 0. The minimum absolute atomic E-state index is 0.563. The molecule has 4 aromatic rings. The molecule has 0 N–H and O–H groups in total.